The molecule has 1 atom stereocenters. The first-order chi connectivity index (χ1) is 12.0. The number of hydrogen-bond donors (Lipinski definition) is 2. The Labute approximate surface area is 149 Å². The van der Waals surface area contributed by atoms with Gasteiger partial charge in [0.05, 0.1) is 12.7 Å². The first kappa shape index (κ1) is 19.1. The Morgan fingerprint density at radius 2 is 1.96 bits per heavy atom. The summed E-state index contributed by atoms with van der Waals surface area (Å²) in [7, 11) is 1.37. The number of carbonyl (C=O) groups is 2. The van der Waals surface area contributed by atoms with Crippen molar-refractivity contribution in [3.8, 4) is 0 Å². The summed E-state index contributed by atoms with van der Waals surface area (Å²) >= 11 is 0. The lowest BCUT2D eigenvalue weighted by molar-refractivity contribution is 0.0948. The highest BCUT2D eigenvalue weighted by Crippen LogP contribution is 2.24. The zero-order valence-electron chi connectivity index (χ0n) is 15.4. The molecule has 0 radical (unpaired) electrons. The summed E-state index contributed by atoms with van der Waals surface area (Å²) in [4.78, 5) is 26.1. The number of nitrogens with one attached hydrogen (secondary N) is 2. The molecule has 1 aliphatic heterocycles. The molecule has 138 valence electrons. The third-order valence-corrected chi connectivity index (χ3v) is 4.80. The second-order valence-electron chi connectivity index (χ2n) is 6.64. The Hall–Kier alpha value is -2.24. The first-order valence-electron chi connectivity index (χ1n) is 9.01. The Kier molecular flexibility index (Phi) is 7.10. The second-order valence-corrected chi connectivity index (χ2v) is 6.64. The number of alkyl carbamates (subject to hydrolysis) is 1. The monoisotopic (exact) mass is 347 g/mol. The highest BCUT2D eigenvalue weighted by molar-refractivity contribution is 5.99. The van der Waals surface area contributed by atoms with Crippen LogP contribution in [0.1, 0.15) is 43.5 Å². The predicted molar refractivity (Wildman–Crippen MR) is 99.0 cm³/mol. The van der Waals surface area contributed by atoms with E-state index in [9.17, 15) is 9.59 Å². The molecule has 25 heavy (non-hydrogen) atoms. The maximum atomic E-state index is 12.6. The molecule has 0 bridgehead atoms. The third kappa shape index (κ3) is 5.37. The number of amides is 2. The van der Waals surface area contributed by atoms with Crippen molar-refractivity contribution in [1.29, 1.82) is 0 Å². The van der Waals surface area contributed by atoms with Crippen molar-refractivity contribution in [3.05, 3.63) is 29.8 Å². The van der Waals surface area contributed by atoms with E-state index < -0.39 is 0 Å². The van der Waals surface area contributed by atoms with Crippen LogP contribution < -0.4 is 15.5 Å². The molecular formula is C19H29N3O3. The number of methoxy groups -OCH3 is 1. The third-order valence-electron chi connectivity index (χ3n) is 4.80. The molecule has 6 heteroatoms. The van der Waals surface area contributed by atoms with Gasteiger partial charge in [-0.05, 0) is 30.9 Å². The van der Waals surface area contributed by atoms with Gasteiger partial charge in [0.25, 0.3) is 5.91 Å². The molecule has 1 unspecified atom stereocenters. The van der Waals surface area contributed by atoms with Crippen molar-refractivity contribution < 1.29 is 14.3 Å². The van der Waals surface area contributed by atoms with E-state index in [1.165, 1.54) is 7.11 Å². The smallest absolute Gasteiger partial charge is 0.407 e. The zero-order chi connectivity index (χ0) is 18.2. The van der Waals surface area contributed by atoms with E-state index in [1.807, 2.05) is 24.3 Å². The number of carbonyl (C=O) groups excluding carboxylic acids is 2. The van der Waals surface area contributed by atoms with Gasteiger partial charge in [-0.2, -0.15) is 0 Å². The van der Waals surface area contributed by atoms with Gasteiger partial charge in [-0.25, -0.2) is 4.79 Å². The van der Waals surface area contributed by atoms with Crippen molar-refractivity contribution in [3.63, 3.8) is 0 Å². The fourth-order valence-corrected chi connectivity index (χ4v) is 2.94. The molecule has 1 saturated heterocycles. The van der Waals surface area contributed by atoms with Gasteiger partial charge in [0, 0.05) is 31.4 Å². The quantitative estimate of drug-likeness (QED) is 0.830. The van der Waals surface area contributed by atoms with Crippen LogP contribution in [0.25, 0.3) is 0 Å². The number of benzene rings is 1. The van der Waals surface area contributed by atoms with E-state index in [2.05, 4.69) is 34.1 Å². The molecule has 1 aromatic rings. The molecule has 2 N–H and O–H groups in total. The fourth-order valence-electron chi connectivity index (χ4n) is 2.94. The molecule has 1 heterocycles. The molecular weight excluding hydrogens is 318 g/mol. The topological polar surface area (TPSA) is 70.7 Å². The van der Waals surface area contributed by atoms with E-state index in [1.54, 1.807) is 0 Å². The average Bonchev–Trinajstić information content (AvgIpc) is 2.66. The summed E-state index contributed by atoms with van der Waals surface area (Å²) < 4.78 is 4.65. The normalized spacial score (nSPS) is 16.2. The summed E-state index contributed by atoms with van der Waals surface area (Å²) in [6.45, 7) is 6.53. The van der Waals surface area contributed by atoms with Crippen LogP contribution in [0, 0.1) is 5.92 Å². The van der Waals surface area contributed by atoms with Crippen LogP contribution >= 0.6 is 0 Å². The maximum absolute atomic E-state index is 12.6. The Balaban J connectivity index is 1.99. The summed E-state index contributed by atoms with van der Waals surface area (Å²) in [6.07, 6.45) is 2.32. The molecule has 2 amide bonds. The van der Waals surface area contributed by atoms with Gasteiger partial charge >= 0.3 is 6.09 Å². The number of para-hydroxylation sites is 1. The Bertz CT molecular complexity index is 583. The van der Waals surface area contributed by atoms with E-state index in [0.717, 1.165) is 38.0 Å². The summed E-state index contributed by atoms with van der Waals surface area (Å²) in [5, 5.41) is 5.88. The second kappa shape index (κ2) is 9.30. The summed E-state index contributed by atoms with van der Waals surface area (Å²) in [5.74, 6) is 0.446. The Morgan fingerprint density at radius 3 is 2.60 bits per heavy atom. The van der Waals surface area contributed by atoms with E-state index in [-0.39, 0.29) is 18.0 Å². The minimum atomic E-state index is -0.386. The van der Waals surface area contributed by atoms with Crippen molar-refractivity contribution in [1.82, 2.24) is 10.6 Å². The Morgan fingerprint density at radius 1 is 1.28 bits per heavy atom. The van der Waals surface area contributed by atoms with E-state index in [0.29, 0.717) is 18.0 Å². The molecule has 1 aromatic carbocycles. The lowest BCUT2D eigenvalue weighted by atomic mass is 10.0. The van der Waals surface area contributed by atoms with Gasteiger partial charge in [-0.1, -0.05) is 32.4 Å². The number of hydrogen-bond acceptors (Lipinski definition) is 4. The first-order valence-corrected chi connectivity index (χ1v) is 9.01. The number of nitrogens with zero attached hydrogens (tertiary/aromatic N) is 1. The minimum Gasteiger partial charge on any atom is -0.453 e. The number of rotatable bonds is 6. The van der Waals surface area contributed by atoms with Crippen LogP contribution in [0.4, 0.5) is 10.5 Å². The van der Waals surface area contributed by atoms with Gasteiger partial charge in [-0.3, -0.25) is 4.79 Å². The number of anilines is 1. The zero-order valence-corrected chi connectivity index (χ0v) is 15.4. The van der Waals surface area contributed by atoms with Gasteiger partial charge < -0.3 is 20.3 Å². The van der Waals surface area contributed by atoms with Crippen LogP contribution in [0.3, 0.4) is 0 Å². The molecule has 1 fully saturated rings. The molecule has 0 aromatic heterocycles. The molecule has 0 saturated carbocycles. The average molecular weight is 347 g/mol. The van der Waals surface area contributed by atoms with Gasteiger partial charge in [-0.15, -0.1) is 0 Å². The number of ether oxygens (including phenoxy) is 1. The lowest BCUT2D eigenvalue weighted by Gasteiger charge is -2.34. The van der Waals surface area contributed by atoms with Crippen LogP contribution in [0.5, 0.6) is 0 Å². The fraction of sp³-hybridized carbons (Fsp3) is 0.579. The largest absolute Gasteiger partial charge is 0.453 e. The van der Waals surface area contributed by atoms with Crippen molar-refractivity contribution >= 4 is 17.7 Å². The van der Waals surface area contributed by atoms with Gasteiger partial charge in [0.2, 0.25) is 0 Å². The molecule has 1 aliphatic rings. The standard InChI is InChI=1S/C19H29N3O3/c1-4-14(2)13-20-18(23)16-7-5-6-8-17(16)22-11-9-15(10-12-22)21-19(24)25-3/h5-8,14-15H,4,9-13H2,1-3H3,(H,20,23)(H,21,24). The van der Waals surface area contributed by atoms with Crippen molar-refractivity contribution in [2.24, 2.45) is 5.92 Å². The predicted octanol–water partition coefficient (Wildman–Crippen LogP) is 2.79. The lowest BCUT2D eigenvalue weighted by Crippen LogP contribution is -2.45. The van der Waals surface area contributed by atoms with E-state index in [4.69, 9.17) is 0 Å². The van der Waals surface area contributed by atoms with Gasteiger partial charge in [0.1, 0.15) is 0 Å². The highest BCUT2D eigenvalue weighted by Gasteiger charge is 2.23. The SMILES string of the molecule is CCC(C)CNC(=O)c1ccccc1N1CCC(NC(=O)OC)CC1. The highest BCUT2D eigenvalue weighted by atomic mass is 16.5. The number of piperidine rings is 1. The van der Waals surface area contributed by atoms with Crippen molar-refractivity contribution in [2.45, 2.75) is 39.2 Å². The van der Waals surface area contributed by atoms with Crippen molar-refractivity contribution in [2.75, 3.05) is 31.6 Å². The van der Waals surface area contributed by atoms with Crippen LogP contribution in [-0.2, 0) is 4.74 Å². The minimum absolute atomic E-state index is 0.0225. The molecule has 0 aliphatic carbocycles. The molecule has 0 spiro atoms. The van der Waals surface area contributed by atoms with Gasteiger partial charge in [0.15, 0.2) is 0 Å². The maximum Gasteiger partial charge on any atom is 0.407 e. The van der Waals surface area contributed by atoms with Crippen LogP contribution in [0.2, 0.25) is 0 Å². The van der Waals surface area contributed by atoms with Crippen LogP contribution in [0.15, 0.2) is 24.3 Å². The molecule has 6 nitrogen and oxygen atoms in total. The van der Waals surface area contributed by atoms with Crippen LogP contribution in [-0.4, -0.2) is 44.8 Å². The van der Waals surface area contributed by atoms with E-state index >= 15 is 0 Å². The summed E-state index contributed by atoms with van der Waals surface area (Å²) in [5.41, 5.74) is 1.67. The molecule has 2 rings (SSSR count). The summed E-state index contributed by atoms with van der Waals surface area (Å²) in [6, 6.07) is 7.84.